The van der Waals surface area contributed by atoms with Crippen molar-refractivity contribution in [1.29, 1.82) is 0 Å². The van der Waals surface area contributed by atoms with E-state index >= 15 is 0 Å². The maximum Gasteiger partial charge on any atom is 0.0897 e. The third-order valence-electron chi connectivity index (χ3n) is 1.97. The first kappa shape index (κ1) is 12.8. The second-order valence-electron chi connectivity index (χ2n) is 3.13. The van der Waals surface area contributed by atoms with Gasteiger partial charge in [-0.25, -0.2) is 0 Å². The Kier molecular flexibility index (Phi) is 8.33. The van der Waals surface area contributed by atoms with Gasteiger partial charge in [-0.3, -0.25) is 0 Å². The predicted molar refractivity (Wildman–Crippen MR) is 51.7 cm³/mol. The normalized spacial score (nSPS) is 15.7. The third kappa shape index (κ3) is 6.95. The Morgan fingerprint density at radius 2 is 2.15 bits per heavy atom. The number of rotatable bonds is 8. The van der Waals surface area contributed by atoms with Crippen LogP contribution in [0.2, 0.25) is 0 Å². The molecule has 0 saturated carbocycles. The van der Waals surface area contributed by atoms with Crippen molar-refractivity contribution in [3.63, 3.8) is 0 Å². The van der Waals surface area contributed by atoms with Crippen LogP contribution in [0.25, 0.3) is 0 Å². The molecule has 0 aliphatic heterocycles. The highest BCUT2D eigenvalue weighted by atomic mass is 16.5. The van der Waals surface area contributed by atoms with Crippen LogP contribution < -0.4 is 5.32 Å². The molecule has 3 N–H and O–H groups in total. The lowest BCUT2D eigenvalue weighted by molar-refractivity contribution is 0.0619. The van der Waals surface area contributed by atoms with Crippen LogP contribution >= 0.6 is 0 Å². The molecule has 0 aromatic rings. The maximum atomic E-state index is 9.31. The van der Waals surface area contributed by atoms with E-state index in [4.69, 9.17) is 9.84 Å². The minimum Gasteiger partial charge on any atom is -0.396 e. The third-order valence-corrected chi connectivity index (χ3v) is 1.97. The van der Waals surface area contributed by atoms with E-state index in [1.54, 1.807) is 7.11 Å². The van der Waals surface area contributed by atoms with Crippen LogP contribution in [0.5, 0.6) is 0 Å². The van der Waals surface area contributed by atoms with Gasteiger partial charge < -0.3 is 20.3 Å². The van der Waals surface area contributed by atoms with E-state index in [0.717, 1.165) is 12.8 Å². The van der Waals surface area contributed by atoms with E-state index in [0.29, 0.717) is 13.2 Å². The number of hydrogen-bond acceptors (Lipinski definition) is 4. The summed E-state index contributed by atoms with van der Waals surface area (Å²) in [5.41, 5.74) is 0. The lowest BCUT2D eigenvalue weighted by Crippen LogP contribution is -2.37. The smallest absolute Gasteiger partial charge is 0.0897 e. The lowest BCUT2D eigenvalue weighted by Gasteiger charge is -2.18. The highest BCUT2D eigenvalue weighted by molar-refractivity contribution is 4.67. The molecule has 13 heavy (non-hydrogen) atoms. The summed E-state index contributed by atoms with van der Waals surface area (Å²) in [6.07, 6.45) is 1.23. The van der Waals surface area contributed by atoms with E-state index < -0.39 is 6.10 Å². The van der Waals surface area contributed by atoms with Gasteiger partial charge in [0, 0.05) is 26.3 Å². The summed E-state index contributed by atoms with van der Waals surface area (Å²) in [6, 6.07) is 0.288. The van der Waals surface area contributed by atoms with Crippen molar-refractivity contribution in [2.45, 2.75) is 31.9 Å². The first-order chi connectivity index (χ1) is 6.24. The summed E-state index contributed by atoms with van der Waals surface area (Å²) in [6.45, 7) is 3.11. The van der Waals surface area contributed by atoms with Crippen LogP contribution in [-0.2, 0) is 4.74 Å². The fourth-order valence-electron chi connectivity index (χ4n) is 1.16. The van der Waals surface area contributed by atoms with Crippen molar-refractivity contribution < 1.29 is 14.9 Å². The monoisotopic (exact) mass is 191 g/mol. The zero-order valence-electron chi connectivity index (χ0n) is 8.49. The molecule has 0 saturated heterocycles. The highest BCUT2D eigenvalue weighted by Gasteiger charge is 2.08. The quantitative estimate of drug-likeness (QED) is 0.495. The molecule has 0 rings (SSSR count). The summed E-state index contributed by atoms with van der Waals surface area (Å²) in [7, 11) is 1.56. The van der Waals surface area contributed by atoms with Gasteiger partial charge in [0.25, 0.3) is 0 Å². The number of methoxy groups -OCH3 is 1. The van der Waals surface area contributed by atoms with Crippen LogP contribution in [-0.4, -0.2) is 49.2 Å². The van der Waals surface area contributed by atoms with Gasteiger partial charge in [-0.2, -0.15) is 0 Å². The van der Waals surface area contributed by atoms with Gasteiger partial charge in [0.05, 0.1) is 12.7 Å². The van der Waals surface area contributed by atoms with Crippen LogP contribution in [0.15, 0.2) is 0 Å². The van der Waals surface area contributed by atoms with Gasteiger partial charge in [-0.15, -0.1) is 0 Å². The Hall–Kier alpha value is -0.160. The van der Waals surface area contributed by atoms with Crippen LogP contribution in [0.3, 0.4) is 0 Å². The Bertz CT molecular complexity index is 111. The summed E-state index contributed by atoms with van der Waals surface area (Å²) in [5, 5.41) is 21.2. The number of aliphatic hydroxyl groups excluding tert-OH is 2. The van der Waals surface area contributed by atoms with Gasteiger partial charge in [0.1, 0.15) is 0 Å². The molecule has 2 unspecified atom stereocenters. The molecule has 4 nitrogen and oxygen atoms in total. The minimum absolute atomic E-state index is 0.186. The summed E-state index contributed by atoms with van der Waals surface area (Å²) >= 11 is 0. The number of hydrogen-bond donors (Lipinski definition) is 3. The summed E-state index contributed by atoms with van der Waals surface area (Å²) in [4.78, 5) is 0. The summed E-state index contributed by atoms with van der Waals surface area (Å²) in [5.74, 6) is 0. The van der Waals surface area contributed by atoms with E-state index in [-0.39, 0.29) is 12.6 Å². The number of aliphatic hydroxyl groups is 2. The number of nitrogens with one attached hydrogen (secondary N) is 1. The average Bonchev–Trinajstić information content (AvgIpc) is 2.12. The molecule has 0 spiro atoms. The molecule has 80 valence electrons. The van der Waals surface area contributed by atoms with E-state index in [1.807, 2.05) is 0 Å². The van der Waals surface area contributed by atoms with E-state index in [1.165, 1.54) is 0 Å². The van der Waals surface area contributed by atoms with Gasteiger partial charge >= 0.3 is 0 Å². The molecule has 0 fully saturated rings. The zero-order chi connectivity index (χ0) is 10.1. The van der Waals surface area contributed by atoms with Crippen molar-refractivity contribution in [3.8, 4) is 0 Å². The van der Waals surface area contributed by atoms with E-state index in [9.17, 15) is 5.11 Å². The fourth-order valence-corrected chi connectivity index (χ4v) is 1.16. The molecule has 0 aliphatic carbocycles. The Morgan fingerprint density at radius 3 is 2.62 bits per heavy atom. The molecule has 0 amide bonds. The minimum atomic E-state index is -0.460. The topological polar surface area (TPSA) is 61.7 Å². The SMILES string of the molecule is CCC(CCO)NCC(O)COC. The molecule has 0 radical (unpaired) electrons. The fraction of sp³-hybridized carbons (Fsp3) is 1.00. The molecule has 4 heteroatoms. The van der Waals surface area contributed by atoms with E-state index in [2.05, 4.69) is 12.2 Å². The molecule has 2 atom stereocenters. The van der Waals surface area contributed by atoms with Gasteiger partial charge in [-0.05, 0) is 12.8 Å². The van der Waals surface area contributed by atoms with Crippen molar-refractivity contribution >= 4 is 0 Å². The first-order valence-electron chi connectivity index (χ1n) is 4.75. The standard InChI is InChI=1S/C9H21NO3/c1-3-8(4-5-11)10-6-9(12)7-13-2/h8-12H,3-7H2,1-2H3. The Labute approximate surface area is 79.9 Å². The van der Waals surface area contributed by atoms with Crippen molar-refractivity contribution in [2.75, 3.05) is 26.9 Å². The molecule has 0 aliphatic rings. The van der Waals surface area contributed by atoms with Crippen molar-refractivity contribution in [2.24, 2.45) is 0 Å². The largest absolute Gasteiger partial charge is 0.396 e. The van der Waals surface area contributed by atoms with Crippen molar-refractivity contribution in [1.82, 2.24) is 5.32 Å². The average molecular weight is 191 g/mol. The predicted octanol–water partition coefficient (Wildman–Crippen LogP) is -0.256. The molecular formula is C9H21NO3. The van der Waals surface area contributed by atoms with Crippen LogP contribution in [0, 0.1) is 0 Å². The maximum absolute atomic E-state index is 9.31. The molecular weight excluding hydrogens is 170 g/mol. The molecule has 0 aromatic heterocycles. The second-order valence-corrected chi connectivity index (χ2v) is 3.13. The second kappa shape index (κ2) is 8.44. The van der Waals surface area contributed by atoms with Gasteiger partial charge in [0.15, 0.2) is 0 Å². The molecule has 0 heterocycles. The van der Waals surface area contributed by atoms with Gasteiger partial charge in [0.2, 0.25) is 0 Å². The lowest BCUT2D eigenvalue weighted by atomic mass is 10.1. The Balaban J connectivity index is 3.46. The van der Waals surface area contributed by atoms with Crippen molar-refractivity contribution in [3.05, 3.63) is 0 Å². The van der Waals surface area contributed by atoms with Gasteiger partial charge in [-0.1, -0.05) is 6.92 Å². The molecule has 0 aromatic carbocycles. The Morgan fingerprint density at radius 1 is 1.46 bits per heavy atom. The zero-order valence-corrected chi connectivity index (χ0v) is 8.49. The first-order valence-corrected chi connectivity index (χ1v) is 4.75. The summed E-state index contributed by atoms with van der Waals surface area (Å²) < 4.78 is 4.79. The number of ether oxygens (including phenoxy) is 1. The van der Waals surface area contributed by atoms with Crippen LogP contribution in [0.1, 0.15) is 19.8 Å². The highest BCUT2D eigenvalue weighted by Crippen LogP contribution is 1.96. The molecule has 0 bridgehead atoms. The van der Waals surface area contributed by atoms with Crippen LogP contribution in [0.4, 0.5) is 0 Å².